The van der Waals surface area contributed by atoms with Crippen molar-refractivity contribution >= 4 is 23.4 Å². The number of carbonyl (C=O) groups excluding carboxylic acids is 3. The van der Waals surface area contributed by atoms with Crippen LogP contribution in [0.3, 0.4) is 0 Å². The van der Waals surface area contributed by atoms with E-state index in [4.69, 9.17) is 10.9 Å². The molecule has 11 nitrogen and oxygen atoms in total. The molecule has 0 saturated carbocycles. The summed E-state index contributed by atoms with van der Waals surface area (Å²) in [7, 11) is 0. The van der Waals surface area contributed by atoms with Crippen LogP contribution in [-0.4, -0.2) is 65.2 Å². The molecule has 2 aromatic carbocycles. The van der Waals surface area contributed by atoms with Crippen molar-refractivity contribution in [3.63, 3.8) is 0 Å². The van der Waals surface area contributed by atoms with Gasteiger partial charge in [0.1, 0.15) is 17.4 Å². The first-order chi connectivity index (χ1) is 22.1. The Morgan fingerprint density at radius 2 is 1.38 bits per heavy atom. The van der Waals surface area contributed by atoms with Gasteiger partial charge in [0.2, 0.25) is 0 Å². The van der Waals surface area contributed by atoms with Gasteiger partial charge in [0.05, 0.1) is 31.7 Å². The van der Waals surface area contributed by atoms with Gasteiger partial charge < -0.3 is 24.7 Å². The van der Waals surface area contributed by atoms with Gasteiger partial charge in [-0.15, -0.1) is 0 Å². The third-order valence-corrected chi connectivity index (χ3v) is 4.84. The van der Waals surface area contributed by atoms with E-state index in [-0.39, 0.29) is 39.5 Å². The Balaban J connectivity index is 0. The lowest BCUT2D eigenvalue weighted by Crippen LogP contribution is -2.29. The molecular weight excluding hydrogens is 654 g/mol. The number of para-hydroxylation sites is 2. The molecule has 3 aromatic rings. The molecule has 1 aromatic heterocycles. The number of halogens is 6. The lowest BCUT2D eigenvalue weighted by Gasteiger charge is -2.12. The fraction of sp³-hybridized carbons (Fsp3) is 0.355. The van der Waals surface area contributed by atoms with Gasteiger partial charge in [-0.25, -0.2) is 14.3 Å². The minimum Gasteiger partial charge on any atom is -0.500 e. The van der Waals surface area contributed by atoms with E-state index in [2.05, 4.69) is 24.7 Å². The minimum atomic E-state index is -5.13. The van der Waals surface area contributed by atoms with E-state index in [9.17, 15) is 40.7 Å². The van der Waals surface area contributed by atoms with Gasteiger partial charge in [0.25, 0.3) is 5.78 Å². The Morgan fingerprint density at radius 1 is 0.875 bits per heavy atom. The maximum atomic E-state index is 13.2. The highest BCUT2D eigenvalue weighted by atomic mass is 19.4. The normalized spacial score (nSPS) is 10.6. The van der Waals surface area contributed by atoms with E-state index in [1.165, 1.54) is 32.9 Å². The van der Waals surface area contributed by atoms with Crippen molar-refractivity contribution in [2.75, 3.05) is 31.9 Å². The average Bonchev–Trinajstić information content (AvgIpc) is 3.50. The molecule has 0 bridgehead atoms. The molecule has 17 heteroatoms. The monoisotopic (exact) mass is 694 g/mol. The maximum Gasteiger partial charge on any atom is 0.455 e. The van der Waals surface area contributed by atoms with E-state index in [1.807, 2.05) is 30.3 Å². The van der Waals surface area contributed by atoms with Gasteiger partial charge in [-0.1, -0.05) is 43.8 Å². The molecule has 0 atom stereocenters. The number of carbonyl (C=O) groups is 3. The summed E-state index contributed by atoms with van der Waals surface area (Å²) in [4.78, 5) is 33.4. The molecule has 268 valence electrons. The number of aliphatic hydroxyl groups is 1. The van der Waals surface area contributed by atoms with Crippen LogP contribution in [0.15, 0.2) is 78.7 Å². The molecule has 0 aliphatic heterocycles. The van der Waals surface area contributed by atoms with E-state index < -0.39 is 46.9 Å². The summed E-state index contributed by atoms with van der Waals surface area (Å²) in [5.74, 6) is 0.433. The summed E-state index contributed by atoms with van der Waals surface area (Å²) in [5, 5.41) is 11.2. The Labute approximate surface area is 274 Å². The average molecular weight is 695 g/mol. The van der Waals surface area contributed by atoms with Crippen LogP contribution < -0.4 is 11.3 Å². The zero-order valence-corrected chi connectivity index (χ0v) is 25.9. The van der Waals surface area contributed by atoms with Crippen LogP contribution in [0.1, 0.15) is 51.2 Å². The molecule has 0 unspecified atom stereocenters. The van der Waals surface area contributed by atoms with Crippen LogP contribution >= 0.6 is 0 Å². The van der Waals surface area contributed by atoms with Crippen LogP contribution in [-0.2, 0) is 30.0 Å². The van der Waals surface area contributed by atoms with Crippen LogP contribution in [0.25, 0.3) is 5.69 Å². The standard InChI is InChI=1S/C13H11F3N2O2.C9H11F3O4.C6H8N2.C2H6O.CH4/c1-2-20-12(19)10-8-17-18(11(10)13(14,15)16)9-6-4-3-5-7-9;1-3-15-5-6(8(14)16-4-2)7(13)9(10,11)12;7-8-6-4-2-1-3-5-6;1-2-3;/h3-8H,2H2,1H3;5H,3-4H2,1-2H3;1-5,8H,7H2;3H,2H2,1H3;1H4/b;6-5+;;;. The molecule has 0 saturated heterocycles. The number of anilines is 1. The molecule has 0 radical (unpaired) electrons. The summed E-state index contributed by atoms with van der Waals surface area (Å²) >= 11 is 0. The number of alkyl halides is 6. The number of hydrogen-bond donors (Lipinski definition) is 3. The fourth-order valence-corrected chi connectivity index (χ4v) is 3.00. The van der Waals surface area contributed by atoms with Crippen LogP contribution in [0.5, 0.6) is 0 Å². The molecule has 1 heterocycles. The molecule has 0 amide bonds. The van der Waals surface area contributed by atoms with Crippen LogP contribution in [0.4, 0.5) is 32.0 Å². The van der Waals surface area contributed by atoms with Crippen LogP contribution in [0, 0.1) is 0 Å². The van der Waals surface area contributed by atoms with Gasteiger partial charge in [0, 0.05) is 12.3 Å². The molecule has 3 rings (SSSR count). The van der Waals surface area contributed by atoms with Gasteiger partial charge in [-0.2, -0.15) is 31.4 Å². The van der Waals surface area contributed by atoms with E-state index in [0.29, 0.717) is 10.9 Å². The van der Waals surface area contributed by atoms with Gasteiger partial charge in [-0.05, 0) is 52.0 Å². The number of hydrazine groups is 1. The largest absolute Gasteiger partial charge is 0.500 e. The predicted molar refractivity (Wildman–Crippen MR) is 166 cm³/mol. The SMILES string of the molecule is C.CCO.CCO/C=C(/C(=O)OCC)C(=O)C(F)(F)F.CCOC(=O)c1cnn(-c2ccccc2)c1C(F)(F)F.NNc1ccccc1. The summed E-state index contributed by atoms with van der Waals surface area (Å²) in [5.41, 5.74) is 0.795. The first-order valence-electron chi connectivity index (χ1n) is 13.7. The van der Waals surface area contributed by atoms with E-state index >= 15 is 0 Å². The molecule has 0 aliphatic rings. The number of nitrogens with two attached hydrogens (primary N) is 1. The minimum absolute atomic E-state index is 0. The third kappa shape index (κ3) is 16.1. The first-order valence-corrected chi connectivity index (χ1v) is 13.7. The van der Waals surface area contributed by atoms with Crippen molar-refractivity contribution in [3.8, 4) is 5.69 Å². The lowest BCUT2D eigenvalue weighted by molar-refractivity contribution is -0.169. The summed E-state index contributed by atoms with van der Waals surface area (Å²) < 4.78 is 89.8. The highest BCUT2D eigenvalue weighted by molar-refractivity contribution is 6.19. The Morgan fingerprint density at radius 3 is 1.77 bits per heavy atom. The molecular formula is C31H40F6N4O7. The molecule has 0 aliphatic carbocycles. The van der Waals surface area contributed by atoms with Crippen molar-refractivity contribution in [3.05, 3.63) is 90.0 Å². The molecule has 0 fully saturated rings. The molecule has 4 N–H and O–H groups in total. The highest BCUT2D eigenvalue weighted by Gasteiger charge is 2.44. The second kappa shape index (κ2) is 23.4. The molecule has 0 spiro atoms. The van der Waals surface area contributed by atoms with Crippen molar-refractivity contribution in [1.29, 1.82) is 0 Å². The van der Waals surface area contributed by atoms with Crippen LogP contribution in [0.2, 0.25) is 0 Å². The predicted octanol–water partition coefficient (Wildman–Crippen LogP) is 6.28. The number of nitrogens with one attached hydrogen (secondary N) is 1. The Bertz CT molecular complexity index is 1380. The van der Waals surface area contributed by atoms with Gasteiger partial charge in [0.15, 0.2) is 5.69 Å². The maximum absolute atomic E-state index is 13.2. The number of Topliss-reactive ketones (excluding diaryl/α,β-unsaturated/α-hetero) is 1. The van der Waals surface area contributed by atoms with Crippen molar-refractivity contribution < 1.29 is 60.0 Å². The van der Waals surface area contributed by atoms with Gasteiger partial charge >= 0.3 is 24.3 Å². The second-order valence-corrected chi connectivity index (χ2v) is 8.23. The topological polar surface area (TPSA) is 155 Å². The number of ketones is 1. The molecule has 48 heavy (non-hydrogen) atoms. The van der Waals surface area contributed by atoms with E-state index in [0.717, 1.165) is 11.9 Å². The highest BCUT2D eigenvalue weighted by Crippen LogP contribution is 2.34. The number of benzene rings is 2. The zero-order valence-electron chi connectivity index (χ0n) is 25.9. The number of aromatic nitrogens is 2. The third-order valence-electron chi connectivity index (χ3n) is 4.84. The number of aliphatic hydroxyl groups excluding tert-OH is 1. The summed E-state index contributed by atoms with van der Waals surface area (Å²) in [6.45, 7) is 6.26. The quantitative estimate of drug-likeness (QED) is 0.0341. The van der Waals surface area contributed by atoms with Crippen molar-refractivity contribution in [2.45, 2.75) is 47.5 Å². The Hall–Kier alpha value is -4.90. The lowest BCUT2D eigenvalue weighted by atomic mass is 10.2. The zero-order chi connectivity index (χ0) is 36.0. The van der Waals surface area contributed by atoms with E-state index in [1.54, 1.807) is 25.1 Å². The first kappa shape index (κ1) is 45.2. The Kier molecular flexibility index (Phi) is 22.1. The number of hydrogen-bond acceptors (Lipinski definition) is 10. The number of nitrogens with zero attached hydrogens (tertiary/aromatic N) is 2. The van der Waals surface area contributed by atoms with Crippen molar-refractivity contribution in [1.82, 2.24) is 9.78 Å². The fourth-order valence-electron chi connectivity index (χ4n) is 3.00. The summed E-state index contributed by atoms with van der Waals surface area (Å²) in [6.07, 6.45) is -8.51. The number of nitrogen functional groups attached to an aromatic ring is 1. The second-order valence-electron chi connectivity index (χ2n) is 8.23. The summed E-state index contributed by atoms with van der Waals surface area (Å²) in [6, 6.07) is 17.4. The number of esters is 2. The number of rotatable bonds is 9. The number of ether oxygens (including phenoxy) is 3. The van der Waals surface area contributed by atoms with Gasteiger partial charge in [-0.3, -0.25) is 10.6 Å². The van der Waals surface area contributed by atoms with Crippen molar-refractivity contribution in [2.24, 2.45) is 5.84 Å². The smallest absolute Gasteiger partial charge is 0.455 e.